The quantitative estimate of drug-likeness (QED) is 0.410. The van der Waals surface area contributed by atoms with Gasteiger partial charge in [0.25, 0.3) is 5.56 Å². The molecule has 0 aliphatic carbocycles. The van der Waals surface area contributed by atoms with E-state index in [-0.39, 0.29) is 40.6 Å². The summed E-state index contributed by atoms with van der Waals surface area (Å²) >= 11 is 0. The summed E-state index contributed by atoms with van der Waals surface area (Å²) in [5.41, 5.74) is 1.84. The van der Waals surface area contributed by atoms with E-state index in [0.717, 1.165) is 11.1 Å². The average molecular weight is 504 g/mol. The molecule has 1 fully saturated rings. The zero-order chi connectivity index (χ0) is 26.3. The topological polar surface area (TPSA) is 65.2 Å². The van der Waals surface area contributed by atoms with E-state index in [0.29, 0.717) is 25.2 Å². The first kappa shape index (κ1) is 24.5. The first-order valence-electron chi connectivity index (χ1n) is 11.9. The van der Waals surface area contributed by atoms with Crippen molar-refractivity contribution in [3.05, 3.63) is 105 Å². The SMILES string of the molecule is C[C@@H]1CN(c2c(F)c(=O)n(C)c3ccc(C#N)nc23)CCN1C(c1ccc(F)cc1)c1ccc(F)cc1. The molecule has 2 aromatic carbocycles. The van der Waals surface area contributed by atoms with Gasteiger partial charge in [-0.2, -0.15) is 9.65 Å². The van der Waals surface area contributed by atoms with E-state index in [9.17, 15) is 18.8 Å². The van der Waals surface area contributed by atoms with Gasteiger partial charge in [-0.1, -0.05) is 24.3 Å². The lowest BCUT2D eigenvalue weighted by molar-refractivity contribution is 0.149. The van der Waals surface area contributed by atoms with E-state index in [1.54, 1.807) is 35.2 Å². The molecule has 0 amide bonds. The normalized spacial score (nSPS) is 16.4. The van der Waals surface area contributed by atoms with E-state index in [2.05, 4.69) is 9.88 Å². The van der Waals surface area contributed by atoms with Crippen molar-refractivity contribution in [3.63, 3.8) is 0 Å². The Bertz CT molecular complexity index is 1520. The van der Waals surface area contributed by atoms with Gasteiger partial charge in [-0.15, -0.1) is 0 Å². The Hall–Kier alpha value is -4.16. The van der Waals surface area contributed by atoms with Gasteiger partial charge in [-0.05, 0) is 54.4 Å². The van der Waals surface area contributed by atoms with Gasteiger partial charge in [0.05, 0.1) is 11.6 Å². The van der Waals surface area contributed by atoms with Crippen LogP contribution in [0.4, 0.5) is 18.9 Å². The third-order valence-electron chi connectivity index (χ3n) is 6.97. The molecule has 1 aliphatic heterocycles. The highest BCUT2D eigenvalue weighted by Gasteiger charge is 2.34. The molecular formula is C28H24F3N5O. The molecule has 188 valence electrons. The Labute approximate surface area is 211 Å². The van der Waals surface area contributed by atoms with Crippen molar-refractivity contribution < 1.29 is 13.2 Å². The lowest BCUT2D eigenvalue weighted by Crippen LogP contribution is -2.53. The molecule has 3 heterocycles. The van der Waals surface area contributed by atoms with Gasteiger partial charge in [-0.25, -0.2) is 13.8 Å². The Morgan fingerprint density at radius 3 is 2.08 bits per heavy atom. The maximum Gasteiger partial charge on any atom is 0.289 e. The van der Waals surface area contributed by atoms with E-state index in [1.807, 2.05) is 13.0 Å². The number of anilines is 1. The second kappa shape index (κ2) is 9.71. The van der Waals surface area contributed by atoms with E-state index >= 15 is 4.39 Å². The Balaban J connectivity index is 1.54. The van der Waals surface area contributed by atoms with Crippen LogP contribution in [0.5, 0.6) is 0 Å². The van der Waals surface area contributed by atoms with E-state index in [1.165, 1.54) is 41.9 Å². The number of aromatic nitrogens is 2. The summed E-state index contributed by atoms with van der Waals surface area (Å²) in [7, 11) is 1.47. The minimum atomic E-state index is -0.910. The van der Waals surface area contributed by atoms with Gasteiger partial charge < -0.3 is 9.47 Å². The summed E-state index contributed by atoms with van der Waals surface area (Å²) in [6.07, 6.45) is 0. The number of hydrogen-bond donors (Lipinski definition) is 0. The number of aryl methyl sites for hydroxylation is 1. The molecule has 0 spiro atoms. The van der Waals surface area contributed by atoms with Crippen LogP contribution in [0, 0.1) is 28.8 Å². The van der Waals surface area contributed by atoms with Crippen molar-refractivity contribution >= 4 is 16.7 Å². The number of pyridine rings is 2. The smallest absolute Gasteiger partial charge is 0.289 e. The third kappa shape index (κ3) is 4.45. The predicted octanol–water partition coefficient (Wildman–Crippen LogP) is 4.52. The van der Waals surface area contributed by atoms with Crippen LogP contribution in [-0.4, -0.2) is 40.1 Å². The van der Waals surface area contributed by atoms with Gasteiger partial charge in [0.15, 0.2) is 0 Å². The lowest BCUT2D eigenvalue weighted by atomic mass is 9.94. The molecule has 0 saturated carbocycles. The van der Waals surface area contributed by atoms with Gasteiger partial charge >= 0.3 is 0 Å². The van der Waals surface area contributed by atoms with Crippen molar-refractivity contribution in [2.24, 2.45) is 7.05 Å². The van der Waals surface area contributed by atoms with Gasteiger partial charge in [0.1, 0.15) is 34.6 Å². The van der Waals surface area contributed by atoms with E-state index in [4.69, 9.17) is 0 Å². The molecule has 1 saturated heterocycles. The van der Waals surface area contributed by atoms with Crippen LogP contribution in [0.15, 0.2) is 65.5 Å². The third-order valence-corrected chi connectivity index (χ3v) is 6.97. The Kier molecular flexibility index (Phi) is 6.44. The van der Waals surface area contributed by atoms with Crippen LogP contribution in [0.25, 0.3) is 11.0 Å². The minimum Gasteiger partial charge on any atom is -0.364 e. The minimum absolute atomic E-state index is 0.0850. The fraction of sp³-hybridized carbons (Fsp3) is 0.250. The van der Waals surface area contributed by atoms with Crippen molar-refractivity contribution in [2.45, 2.75) is 19.0 Å². The summed E-state index contributed by atoms with van der Waals surface area (Å²) in [5.74, 6) is -1.61. The molecule has 0 unspecified atom stereocenters. The molecule has 0 N–H and O–H groups in total. The van der Waals surface area contributed by atoms with Crippen molar-refractivity contribution in [1.29, 1.82) is 5.26 Å². The summed E-state index contributed by atoms with van der Waals surface area (Å²) < 4.78 is 44.0. The zero-order valence-electron chi connectivity index (χ0n) is 20.3. The maximum atomic E-state index is 15.4. The fourth-order valence-electron chi connectivity index (χ4n) is 5.13. The highest BCUT2D eigenvalue weighted by molar-refractivity contribution is 5.89. The molecule has 0 bridgehead atoms. The Morgan fingerprint density at radius 1 is 0.946 bits per heavy atom. The predicted molar refractivity (Wildman–Crippen MR) is 135 cm³/mol. The molecular weight excluding hydrogens is 479 g/mol. The first-order chi connectivity index (χ1) is 17.8. The zero-order valence-corrected chi connectivity index (χ0v) is 20.3. The van der Waals surface area contributed by atoms with E-state index < -0.39 is 11.4 Å². The van der Waals surface area contributed by atoms with Gasteiger partial charge in [0.2, 0.25) is 5.82 Å². The molecule has 9 heteroatoms. The number of halogens is 3. The number of benzene rings is 2. The maximum absolute atomic E-state index is 15.4. The van der Waals surface area contributed by atoms with Crippen molar-refractivity contribution in [1.82, 2.24) is 14.5 Å². The molecule has 4 aromatic rings. The molecule has 0 radical (unpaired) electrons. The number of fused-ring (bicyclic) bond motifs is 1. The highest BCUT2D eigenvalue weighted by Crippen LogP contribution is 2.35. The molecule has 5 rings (SSSR count). The molecule has 2 aromatic heterocycles. The summed E-state index contributed by atoms with van der Waals surface area (Å²) in [6.45, 7) is 3.22. The highest BCUT2D eigenvalue weighted by atomic mass is 19.1. The van der Waals surface area contributed by atoms with Crippen LogP contribution in [0.2, 0.25) is 0 Å². The molecule has 6 nitrogen and oxygen atoms in total. The summed E-state index contributed by atoms with van der Waals surface area (Å²) in [5, 5.41) is 9.34. The number of rotatable bonds is 4. The summed E-state index contributed by atoms with van der Waals surface area (Å²) in [6, 6.07) is 17.1. The second-order valence-electron chi connectivity index (χ2n) is 9.24. The standard InChI is InChI=1S/C28H24F3N5O/c1-17-16-35(27-24(31)28(37)34(2)23-12-11-22(15-32)33-25(23)27)13-14-36(17)26(18-3-7-20(29)8-4-18)19-5-9-21(30)10-6-19/h3-12,17,26H,13-14,16H2,1-2H3/t17-/m1/s1. The monoisotopic (exact) mass is 503 g/mol. The Morgan fingerprint density at radius 2 is 1.54 bits per heavy atom. The van der Waals surface area contributed by atoms with Crippen LogP contribution in [0.3, 0.4) is 0 Å². The number of nitriles is 1. The number of piperazine rings is 1. The fourth-order valence-corrected chi connectivity index (χ4v) is 5.13. The van der Waals surface area contributed by atoms with Gasteiger partial charge in [0, 0.05) is 32.7 Å². The van der Waals surface area contributed by atoms with Crippen molar-refractivity contribution in [2.75, 3.05) is 24.5 Å². The summed E-state index contributed by atoms with van der Waals surface area (Å²) in [4.78, 5) is 21.0. The molecule has 1 atom stereocenters. The molecule has 37 heavy (non-hydrogen) atoms. The lowest BCUT2D eigenvalue weighted by Gasteiger charge is -2.45. The average Bonchev–Trinajstić information content (AvgIpc) is 2.90. The number of nitrogens with zero attached hydrogens (tertiary/aromatic N) is 5. The van der Waals surface area contributed by atoms with Crippen LogP contribution >= 0.6 is 0 Å². The van der Waals surface area contributed by atoms with Crippen LogP contribution < -0.4 is 10.5 Å². The second-order valence-corrected chi connectivity index (χ2v) is 9.24. The van der Waals surface area contributed by atoms with Crippen molar-refractivity contribution in [3.8, 4) is 6.07 Å². The first-order valence-corrected chi connectivity index (χ1v) is 11.9. The number of hydrogen-bond acceptors (Lipinski definition) is 5. The van der Waals surface area contributed by atoms with Crippen LogP contribution in [-0.2, 0) is 7.05 Å². The van der Waals surface area contributed by atoms with Crippen LogP contribution in [0.1, 0.15) is 29.8 Å². The van der Waals surface area contributed by atoms with Gasteiger partial charge in [-0.3, -0.25) is 9.69 Å². The largest absolute Gasteiger partial charge is 0.364 e. The molecule has 1 aliphatic rings.